The van der Waals surface area contributed by atoms with Crippen molar-refractivity contribution < 1.29 is 14.3 Å². The van der Waals surface area contributed by atoms with Gasteiger partial charge in [0.2, 0.25) is 6.17 Å². The lowest BCUT2D eigenvalue weighted by molar-refractivity contribution is -0.141. The Morgan fingerprint density at radius 3 is 2.79 bits per heavy atom. The lowest BCUT2D eigenvalue weighted by Crippen LogP contribution is -2.58. The first-order valence-electron chi connectivity index (χ1n) is 10.9. The molecule has 0 radical (unpaired) electrons. The monoisotopic (exact) mass is 499 g/mol. The number of anilines is 1. The molecule has 2 aliphatic heterocycles. The van der Waals surface area contributed by atoms with Gasteiger partial charge in [0.05, 0.1) is 24.9 Å². The highest BCUT2D eigenvalue weighted by molar-refractivity contribution is 7.80. The van der Waals surface area contributed by atoms with E-state index >= 15 is 0 Å². The molecule has 1 amide bonds. The molecule has 2 unspecified atom stereocenters. The third-order valence-corrected chi connectivity index (χ3v) is 6.50. The molecular weight excluding hydrogens is 474 g/mol. The first kappa shape index (κ1) is 24.1. The molecule has 0 aromatic heterocycles. The van der Waals surface area contributed by atoms with E-state index in [1.54, 1.807) is 18.0 Å². The van der Waals surface area contributed by atoms with Gasteiger partial charge in [-0.3, -0.25) is 9.59 Å². The van der Waals surface area contributed by atoms with Crippen LogP contribution in [-0.4, -0.2) is 73.6 Å². The third kappa shape index (κ3) is 5.22. The number of fused-ring (bicyclic) bond motifs is 1. The fourth-order valence-electron chi connectivity index (χ4n) is 4.11. The van der Waals surface area contributed by atoms with Crippen LogP contribution in [0, 0.1) is 0 Å². The van der Waals surface area contributed by atoms with Crippen LogP contribution in [0.25, 0.3) is 0 Å². The van der Waals surface area contributed by atoms with Crippen molar-refractivity contribution in [1.82, 2.24) is 15.5 Å². The zero-order valence-corrected chi connectivity index (χ0v) is 20.5. The molecule has 2 aromatic carbocycles. The number of aliphatic imine (C=N–C) groups is 1. The maximum absolute atomic E-state index is 13.4. The summed E-state index contributed by atoms with van der Waals surface area (Å²) in [5.41, 5.74) is 3.00. The number of amides is 1. The van der Waals surface area contributed by atoms with Gasteiger partial charge < -0.3 is 25.2 Å². The number of thiocarbonyl (C=S) groups is 1. The Labute approximate surface area is 208 Å². The number of rotatable bonds is 4. The molecule has 2 heterocycles. The standard InChI is InChI=1S/C24H26ClN5O3S/c1-29-19-9-8-16(25)12-18(19)21(15-6-4-3-5-7-15)27-22(23(29)32)28-24(34)30-11-10-26-17(14-30)13-20(31)33-2/h3-9,12,17,22,26H,10-11,13-14H2,1-2H3,(H,28,34). The lowest BCUT2D eigenvalue weighted by atomic mass is 10.0. The Morgan fingerprint density at radius 1 is 1.29 bits per heavy atom. The van der Waals surface area contributed by atoms with Crippen LogP contribution in [0.5, 0.6) is 0 Å². The van der Waals surface area contributed by atoms with Gasteiger partial charge in [-0.1, -0.05) is 41.9 Å². The number of hydrogen-bond donors (Lipinski definition) is 2. The number of nitrogens with one attached hydrogen (secondary N) is 2. The Hall–Kier alpha value is -3.01. The molecule has 2 aliphatic rings. The molecule has 34 heavy (non-hydrogen) atoms. The minimum Gasteiger partial charge on any atom is -0.469 e. The van der Waals surface area contributed by atoms with Gasteiger partial charge in [0, 0.05) is 48.9 Å². The largest absolute Gasteiger partial charge is 0.469 e. The summed E-state index contributed by atoms with van der Waals surface area (Å²) in [6.45, 7) is 1.82. The number of carbonyl (C=O) groups is 2. The molecule has 1 saturated heterocycles. The topological polar surface area (TPSA) is 86.3 Å². The van der Waals surface area contributed by atoms with Crippen LogP contribution < -0.4 is 15.5 Å². The van der Waals surface area contributed by atoms with Crippen molar-refractivity contribution in [2.75, 3.05) is 38.7 Å². The SMILES string of the molecule is COC(=O)CC1CN(C(=S)NC2N=C(c3ccccc3)c3cc(Cl)ccc3N(C)C2=O)CCN1. The van der Waals surface area contributed by atoms with E-state index in [-0.39, 0.29) is 24.3 Å². The minimum atomic E-state index is -0.923. The van der Waals surface area contributed by atoms with Crippen LogP contribution in [-0.2, 0) is 14.3 Å². The van der Waals surface area contributed by atoms with Crippen molar-refractivity contribution in [3.05, 3.63) is 64.7 Å². The summed E-state index contributed by atoms with van der Waals surface area (Å²) in [4.78, 5) is 33.4. The van der Waals surface area contributed by atoms with E-state index < -0.39 is 6.17 Å². The highest BCUT2D eigenvalue weighted by atomic mass is 35.5. The Bertz CT molecular complexity index is 1130. The van der Waals surface area contributed by atoms with Crippen LogP contribution in [0.2, 0.25) is 5.02 Å². The van der Waals surface area contributed by atoms with E-state index in [0.717, 1.165) is 11.1 Å². The van der Waals surface area contributed by atoms with E-state index in [1.165, 1.54) is 7.11 Å². The number of methoxy groups -OCH3 is 1. The van der Waals surface area contributed by atoms with Gasteiger partial charge in [0.25, 0.3) is 5.91 Å². The van der Waals surface area contributed by atoms with E-state index in [9.17, 15) is 9.59 Å². The predicted octanol–water partition coefficient (Wildman–Crippen LogP) is 2.19. The number of piperazine rings is 1. The molecular formula is C24H26ClN5O3S. The van der Waals surface area contributed by atoms with Gasteiger partial charge in [0.15, 0.2) is 5.11 Å². The predicted molar refractivity (Wildman–Crippen MR) is 136 cm³/mol. The second-order valence-electron chi connectivity index (χ2n) is 8.13. The number of esters is 1. The maximum Gasteiger partial charge on any atom is 0.307 e. The number of halogens is 1. The van der Waals surface area contributed by atoms with Crippen LogP contribution in [0.3, 0.4) is 0 Å². The quantitative estimate of drug-likeness (QED) is 0.492. The molecule has 0 bridgehead atoms. The van der Waals surface area contributed by atoms with E-state index in [1.807, 2.05) is 47.4 Å². The maximum atomic E-state index is 13.4. The second-order valence-corrected chi connectivity index (χ2v) is 8.95. The molecule has 2 aromatic rings. The summed E-state index contributed by atoms with van der Waals surface area (Å²) in [5.74, 6) is -0.523. The van der Waals surface area contributed by atoms with Crippen LogP contribution in [0.4, 0.5) is 5.69 Å². The summed E-state index contributed by atoms with van der Waals surface area (Å²) < 4.78 is 4.78. The lowest BCUT2D eigenvalue weighted by Gasteiger charge is -2.35. The van der Waals surface area contributed by atoms with Crippen LogP contribution >= 0.6 is 23.8 Å². The molecule has 0 saturated carbocycles. The van der Waals surface area contributed by atoms with Crippen molar-refractivity contribution in [2.45, 2.75) is 18.6 Å². The Balaban J connectivity index is 1.62. The molecule has 2 atom stereocenters. The fourth-order valence-corrected chi connectivity index (χ4v) is 4.56. The highest BCUT2D eigenvalue weighted by Crippen LogP contribution is 2.30. The second kappa shape index (κ2) is 10.5. The van der Waals surface area contributed by atoms with Crippen molar-refractivity contribution >= 4 is 52.2 Å². The summed E-state index contributed by atoms with van der Waals surface area (Å²) in [6.07, 6.45) is -0.680. The van der Waals surface area contributed by atoms with Crippen LogP contribution in [0.15, 0.2) is 53.5 Å². The van der Waals surface area contributed by atoms with Gasteiger partial charge in [-0.2, -0.15) is 0 Å². The van der Waals surface area contributed by atoms with Crippen LogP contribution in [0.1, 0.15) is 17.5 Å². The zero-order chi connectivity index (χ0) is 24.2. The van der Waals surface area contributed by atoms with E-state index in [0.29, 0.717) is 41.2 Å². The summed E-state index contributed by atoms with van der Waals surface area (Å²) in [6, 6.07) is 15.0. The minimum absolute atomic E-state index is 0.0942. The Kier molecular flexibility index (Phi) is 7.45. The molecule has 0 spiro atoms. The normalized spacial score (nSPS) is 20.2. The molecule has 0 aliphatic carbocycles. The molecule has 4 rings (SSSR count). The first-order valence-corrected chi connectivity index (χ1v) is 11.7. The average Bonchev–Trinajstić information content (AvgIpc) is 2.95. The highest BCUT2D eigenvalue weighted by Gasteiger charge is 2.32. The van der Waals surface area contributed by atoms with Gasteiger partial charge >= 0.3 is 5.97 Å². The third-order valence-electron chi connectivity index (χ3n) is 5.89. The van der Waals surface area contributed by atoms with Gasteiger partial charge in [0.1, 0.15) is 0 Å². The number of carbonyl (C=O) groups excluding carboxylic acids is 2. The summed E-state index contributed by atoms with van der Waals surface area (Å²) in [7, 11) is 3.09. The van der Waals surface area contributed by atoms with Gasteiger partial charge in [-0.15, -0.1) is 0 Å². The smallest absolute Gasteiger partial charge is 0.307 e. The summed E-state index contributed by atoms with van der Waals surface area (Å²) >= 11 is 12.0. The Morgan fingerprint density at radius 2 is 2.06 bits per heavy atom. The molecule has 10 heteroatoms. The van der Waals surface area contributed by atoms with E-state index in [4.69, 9.17) is 33.5 Å². The number of ether oxygens (including phenoxy) is 1. The number of likely N-dealkylation sites (N-methyl/N-ethyl adjacent to an activating group) is 1. The van der Waals surface area contributed by atoms with Crippen molar-refractivity contribution in [2.24, 2.45) is 4.99 Å². The molecule has 2 N–H and O–H groups in total. The average molecular weight is 500 g/mol. The number of benzene rings is 2. The van der Waals surface area contributed by atoms with Crippen molar-refractivity contribution in [3.8, 4) is 0 Å². The number of benzodiazepines with no additional fused rings is 1. The van der Waals surface area contributed by atoms with Gasteiger partial charge in [-0.05, 0) is 30.4 Å². The molecule has 1 fully saturated rings. The summed E-state index contributed by atoms with van der Waals surface area (Å²) in [5, 5.41) is 7.41. The first-order chi connectivity index (χ1) is 16.4. The zero-order valence-electron chi connectivity index (χ0n) is 19.0. The number of nitrogens with zero attached hydrogens (tertiary/aromatic N) is 3. The van der Waals surface area contributed by atoms with Crippen molar-refractivity contribution in [1.29, 1.82) is 0 Å². The van der Waals surface area contributed by atoms with Crippen molar-refractivity contribution in [3.63, 3.8) is 0 Å². The fraction of sp³-hybridized carbons (Fsp3) is 0.333. The van der Waals surface area contributed by atoms with E-state index in [2.05, 4.69) is 10.6 Å². The molecule has 8 nitrogen and oxygen atoms in total. The number of hydrogen-bond acceptors (Lipinski definition) is 6. The van der Waals surface area contributed by atoms with Gasteiger partial charge in [-0.25, -0.2) is 4.99 Å². The molecule has 178 valence electrons.